The minimum absolute atomic E-state index is 0.0724. The number of anilines is 1. The van der Waals surface area contributed by atoms with E-state index in [0.717, 1.165) is 6.42 Å². The largest absolute Gasteiger partial charge is 0.462 e. The first kappa shape index (κ1) is 16.2. The number of hydrogen-bond acceptors (Lipinski definition) is 4. The van der Waals surface area contributed by atoms with Gasteiger partial charge < -0.3 is 15.8 Å². The van der Waals surface area contributed by atoms with Gasteiger partial charge in [-0.1, -0.05) is 13.8 Å². The Hall–Kier alpha value is -1.88. The van der Waals surface area contributed by atoms with Crippen LogP contribution < -0.4 is 11.1 Å². The number of rotatable bonds is 7. The number of nitrogens with two attached hydrogens (primary N) is 1. The van der Waals surface area contributed by atoms with Gasteiger partial charge in [-0.25, -0.2) is 4.79 Å². The van der Waals surface area contributed by atoms with Crippen molar-refractivity contribution in [3.8, 4) is 0 Å². The number of ether oxygens (including phenoxy) is 1. The van der Waals surface area contributed by atoms with Crippen molar-refractivity contribution in [2.24, 2.45) is 11.7 Å². The summed E-state index contributed by atoms with van der Waals surface area (Å²) in [4.78, 5) is 23.4. The normalized spacial score (nSPS) is 11.8. The minimum atomic E-state index is -0.346. The van der Waals surface area contributed by atoms with Crippen molar-refractivity contribution >= 4 is 17.6 Å². The summed E-state index contributed by atoms with van der Waals surface area (Å²) in [5.41, 5.74) is 6.56. The van der Waals surface area contributed by atoms with Gasteiger partial charge in [-0.05, 0) is 43.7 Å². The van der Waals surface area contributed by atoms with E-state index in [0.29, 0.717) is 30.8 Å². The van der Waals surface area contributed by atoms with E-state index >= 15 is 0 Å². The molecule has 20 heavy (non-hydrogen) atoms. The van der Waals surface area contributed by atoms with E-state index in [1.54, 1.807) is 24.3 Å². The van der Waals surface area contributed by atoms with Crippen LogP contribution >= 0.6 is 0 Å². The maximum atomic E-state index is 11.8. The predicted molar refractivity (Wildman–Crippen MR) is 78.5 cm³/mol. The molecule has 0 bridgehead atoms. The number of carbonyl (C=O) groups excluding carboxylic acids is 2. The van der Waals surface area contributed by atoms with Gasteiger partial charge in [0, 0.05) is 11.6 Å². The van der Waals surface area contributed by atoms with E-state index in [2.05, 4.69) is 5.32 Å². The van der Waals surface area contributed by atoms with Gasteiger partial charge in [0.1, 0.15) is 0 Å². The molecule has 1 unspecified atom stereocenters. The van der Waals surface area contributed by atoms with E-state index in [4.69, 9.17) is 10.5 Å². The molecule has 0 aromatic heterocycles. The molecule has 1 aromatic carbocycles. The topological polar surface area (TPSA) is 81.4 Å². The highest BCUT2D eigenvalue weighted by Crippen LogP contribution is 2.13. The monoisotopic (exact) mass is 278 g/mol. The average Bonchev–Trinajstić information content (AvgIpc) is 2.45. The highest BCUT2D eigenvalue weighted by molar-refractivity contribution is 5.94. The number of esters is 1. The maximum Gasteiger partial charge on any atom is 0.338 e. The first-order valence-electron chi connectivity index (χ1n) is 6.86. The zero-order valence-corrected chi connectivity index (χ0v) is 12.0. The lowest BCUT2D eigenvalue weighted by molar-refractivity contribution is -0.119. The number of benzene rings is 1. The van der Waals surface area contributed by atoms with Gasteiger partial charge in [0.05, 0.1) is 12.2 Å². The molecule has 1 aromatic rings. The molecule has 0 fully saturated rings. The fraction of sp³-hybridized carbons (Fsp3) is 0.467. The van der Waals surface area contributed by atoms with E-state index in [-0.39, 0.29) is 17.8 Å². The van der Waals surface area contributed by atoms with Crippen molar-refractivity contribution in [1.82, 2.24) is 0 Å². The first-order chi connectivity index (χ1) is 9.58. The molecule has 0 aliphatic carbocycles. The second kappa shape index (κ2) is 8.32. The molecular weight excluding hydrogens is 256 g/mol. The second-order valence-corrected chi connectivity index (χ2v) is 4.68. The molecule has 0 radical (unpaired) electrons. The molecule has 0 aliphatic rings. The molecule has 1 atom stereocenters. The van der Waals surface area contributed by atoms with Crippen LogP contribution in [0.5, 0.6) is 0 Å². The fourth-order valence-electron chi connectivity index (χ4n) is 1.61. The van der Waals surface area contributed by atoms with E-state index < -0.39 is 0 Å². The molecule has 0 saturated carbocycles. The van der Waals surface area contributed by atoms with Crippen molar-refractivity contribution in [2.75, 3.05) is 18.5 Å². The first-order valence-corrected chi connectivity index (χ1v) is 6.86. The number of hydrogen-bond donors (Lipinski definition) is 2. The van der Waals surface area contributed by atoms with Gasteiger partial charge >= 0.3 is 5.97 Å². The summed E-state index contributed by atoms with van der Waals surface area (Å²) in [6.07, 6.45) is 1.44. The SMILES string of the molecule is CCCOC(=O)c1ccc(NC(=O)C(C)CCN)cc1. The summed E-state index contributed by atoms with van der Waals surface area (Å²) in [5, 5.41) is 2.79. The van der Waals surface area contributed by atoms with Crippen LogP contribution in [0.3, 0.4) is 0 Å². The van der Waals surface area contributed by atoms with E-state index in [1.807, 2.05) is 13.8 Å². The van der Waals surface area contributed by atoms with Crippen molar-refractivity contribution < 1.29 is 14.3 Å². The summed E-state index contributed by atoms with van der Waals surface area (Å²) in [6.45, 7) is 4.66. The van der Waals surface area contributed by atoms with Gasteiger partial charge in [-0.2, -0.15) is 0 Å². The van der Waals surface area contributed by atoms with Crippen LogP contribution in [-0.2, 0) is 9.53 Å². The number of nitrogens with one attached hydrogen (secondary N) is 1. The summed E-state index contributed by atoms with van der Waals surface area (Å²) in [5.74, 6) is -0.549. The van der Waals surface area contributed by atoms with Crippen LogP contribution in [0.2, 0.25) is 0 Å². The molecule has 1 amide bonds. The molecule has 0 saturated heterocycles. The van der Waals surface area contributed by atoms with Crippen molar-refractivity contribution in [1.29, 1.82) is 0 Å². The zero-order valence-electron chi connectivity index (χ0n) is 12.0. The summed E-state index contributed by atoms with van der Waals surface area (Å²) in [7, 11) is 0. The second-order valence-electron chi connectivity index (χ2n) is 4.68. The molecule has 110 valence electrons. The maximum absolute atomic E-state index is 11.8. The van der Waals surface area contributed by atoms with Gasteiger partial charge in [-0.3, -0.25) is 4.79 Å². The lowest BCUT2D eigenvalue weighted by atomic mass is 10.1. The third-order valence-electron chi connectivity index (χ3n) is 2.87. The predicted octanol–water partition coefficient (Wildman–Crippen LogP) is 2.18. The van der Waals surface area contributed by atoms with E-state index in [1.165, 1.54) is 0 Å². The highest BCUT2D eigenvalue weighted by atomic mass is 16.5. The molecule has 5 nitrogen and oxygen atoms in total. The van der Waals surface area contributed by atoms with Gasteiger partial charge in [0.25, 0.3) is 0 Å². The lowest BCUT2D eigenvalue weighted by Gasteiger charge is -2.11. The lowest BCUT2D eigenvalue weighted by Crippen LogP contribution is -2.22. The Labute approximate surface area is 119 Å². The molecule has 5 heteroatoms. The van der Waals surface area contributed by atoms with Crippen molar-refractivity contribution in [3.63, 3.8) is 0 Å². The fourth-order valence-corrected chi connectivity index (χ4v) is 1.61. The Balaban J connectivity index is 2.58. The van der Waals surface area contributed by atoms with Crippen LogP contribution in [0, 0.1) is 5.92 Å². The van der Waals surface area contributed by atoms with Gasteiger partial charge in [0.15, 0.2) is 0 Å². The molecule has 3 N–H and O–H groups in total. The van der Waals surface area contributed by atoms with E-state index in [9.17, 15) is 9.59 Å². The Morgan fingerprint density at radius 2 is 1.95 bits per heavy atom. The van der Waals surface area contributed by atoms with Crippen LogP contribution in [0.15, 0.2) is 24.3 Å². The Kier molecular flexibility index (Phi) is 6.73. The van der Waals surface area contributed by atoms with Crippen LogP contribution in [-0.4, -0.2) is 25.0 Å². The zero-order chi connectivity index (χ0) is 15.0. The third-order valence-corrected chi connectivity index (χ3v) is 2.87. The number of carbonyl (C=O) groups is 2. The summed E-state index contributed by atoms with van der Waals surface area (Å²) >= 11 is 0. The summed E-state index contributed by atoms with van der Waals surface area (Å²) in [6, 6.07) is 6.66. The Morgan fingerprint density at radius 3 is 2.50 bits per heavy atom. The average molecular weight is 278 g/mol. The minimum Gasteiger partial charge on any atom is -0.462 e. The number of amides is 1. The van der Waals surface area contributed by atoms with Crippen molar-refractivity contribution in [2.45, 2.75) is 26.7 Å². The molecule has 1 rings (SSSR count). The molecular formula is C15H22N2O3. The van der Waals surface area contributed by atoms with Crippen LogP contribution in [0.1, 0.15) is 37.0 Å². The molecule has 0 aliphatic heterocycles. The Bertz CT molecular complexity index is 443. The highest BCUT2D eigenvalue weighted by Gasteiger charge is 2.12. The third kappa shape index (κ3) is 5.01. The Morgan fingerprint density at radius 1 is 1.30 bits per heavy atom. The molecule has 0 heterocycles. The summed E-state index contributed by atoms with van der Waals surface area (Å²) < 4.78 is 5.03. The van der Waals surface area contributed by atoms with Crippen molar-refractivity contribution in [3.05, 3.63) is 29.8 Å². The smallest absolute Gasteiger partial charge is 0.338 e. The standard InChI is InChI=1S/C15H22N2O3/c1-3-10-20-15(19)12-4-6-13(7-5-12)17-14(18)11(2)8-9-16/h4-7,11H,3,8-10,16H2,1-2H3,(H,17,18). The quantitative estimate of drug-likeness (QED) is 0.749. The van der Waals surface area contributed by atoms with Crippen LogP contribution in [0.4, 0.5) is 5.69 Å². The van der Waals surface area contributed by atoms with Gasteiger partial charge in [-0.15, -0.1) is 0 Å². The molecule has 0 spiro atoms. The van der Waals surface area contributed by atoms with Crippen LogP contribution in [0.25, 0.3) is 0 Å². The van der Waals surface area contributed by atoms with Gasteiger partial charge in [0.2, 0.25) is 5.91 Å².